The van der Waals surface area contributed by atoms with E-state index >= 15 is 0 Å². The molecular formula is C15H12F3N3O4S. The highest BCUT2D eigenvalue weighted by Crippen LogP contribution is 2.30. The number of sulfone groups is 1. The molecule has 7 nitrogen and oxygen atoms in total. The number of carbonyl (C=O) groups is 1. The molecule has 0 aliphatic rings. The second kappa shape index (κ2) is 5.87. The van der Waals surface area contributed by atoms with Crippen LogP contribution in [0.2, 0.25) is 0 Å². The standard InChI is InChI=1S/C15H12F3N3O4S/c1-8-13(5-12(14(22)23)21(8)7-15(16,17)18)26(24,25)10-2-3-11-9(4-10)6-19-20-11/h2-6H,7H2,1H3,(H,19,20)(H,22,23). The lowest BCUT2D eigenvalue weighted by atomic mass is 10.3. The molecule has 0 radical (unpaired) electrons. The number of alkyl halides is 3. The van der Waals surface area contributed by atoms with E-state index < -0.39 is 39.1 Å². The molecule has 2 aromatic heterocycles. The highest BCUT2D eigenvalue weighted by Gasteiger charge is 2.34. The van der Waals surface area contributed by atoms with Crippen LogP contribution in [-0.4, -0.2) is 40.4 Å². The number of hydrogen-bond acceptors (Lipinski definition) is 4. The van der Waals surface area contributed by atoms with Crippen molar-refractivity contribution in [2.24, 2.45) is 0 Å². The van der Waals surface area contributed by atoms with Crippen LogP contribution in [-0.2, 0) is 16.4 Å². The molecule has 138 valence electrons. The number of hydrogen-bond donors (Lipinski definition) is 2. The number of carboxylic acids is 1. The Morgan fingerprint density at radius 3 is 2.62 bits per heavy atom. The summed E-state index contributed by atoms with van der Waals surface area (Å²) in [5.74, 6) is -1.65. The van der Waals surface area contributed by atoms with Gasteiger partial charge in [-0.05, 0) is 31.2 Å². The van der Waals surface area contributed by atoms with Crippen LogP contribution in [0.3, 0.4) is 0 Å². The lowest BCUT2D eigenvalue weighted by Crippen LogP contribution is -2.22. The van der Waals surface area contributed by atoms with Gasteiger partial charge in [0.15, 0.2) is 0 Å². The van der Waals surface area contributed by atoms with Crippen LogP contribution in [0.5, 0.6) is 0 Å². The highest BCUT2D eigenvalue weighted by atomic mass is 32.2. The Bertz CT molecular complexity index is 1110. The minimum Gasteiger partial charge on any atom is -0.477 e. The van der Waals surface area contributed by atoms with Crippen LogP contribution in [0.1, 0.15) is 16.2 Å². The van der Waals surface area contributed by atoms with Crippen molar-refractivity contribution in [2.75, 3.05) is 0 Å². The van der Waals surface area contributed by atoms with Gasteiger partial charge in [-0.1, -0.05) is 0 Å². The van der Waals surface area contributed by atoms with Crippen molar-refractivity contribution in [1.82, 2.24) is 14.8 Å². The molecule has 3 aromatic rings. The van der Waals surface area contributed by atoms with Gasteiger partial charge in [-0.3, -0.25) is 5.10 Å². The maximum absolute atomic E-state index is 12.9. The summed E-state index contributed by atoms with van der Waals surface area (Å²) < 4.78 is 64.4. The van der Waals surface area contributed by atoms with Gasteiger partial charge in [0, 0.05) is 11.1 Å². The van der Waals surface area contributed by atoms with Gasteiger partial charge >= 0.3 is 12.1 Å². The van der Waals surface area contributed by atoms with E-state index in [4.69, 9.17) is 5.11 Å². The number of nitrogens with one attached hydrogen (secondary N) is 1. The quantitative estimate of drug-likeness (QED) is 0.716. The average molecular weight is 387 g/mol. The average Bonchev–Trinajstić information content (AvgIpc) is 3.10. The molecule has 0 saturated heterocycles. The maximum Gasteiger partial charge on any atom is 0.406 e. The van der Waals surface area contributed by atoms with Gasteiger partial charge < -0.3 is 9.67 Å². The molecule has 1 aromatic carbocycles. The summed E-state index contributed by atoms with van der Waals surface area (Å²) >= 11 is 0. The smallest absolute Gasteiger partial charge is 0.406 e. The normalized spacial score (nSPS) is 12.6. The number of benzene rings is 1. The predicted octanol–water partition coefficient (Wildman–Crippen LogP) is 2.77. The summed E-state index contributed by atoms with van der Waals surface area (Å²) in [6.45, 7) is -0.460. The van der Waals surface area contributed by atoms with Crippen LogP contribution >= 0.6 is 0 Å². The van der Waals surface area contributed by atoms with Gasteiger partial charge in [-0.2, -0.15) is 18.3 Å². The van der Waals surface area contributed by atoms with Gasteiger partial charge in [0.1, 0.15) is 12.2 Å². The predicted molar refractivity (Wildman–Crippen MR) is 83.7 cm³/mol. The number of fused-ring (bicyclic) bond motifs is 1. The largest absolute Gasteiger partial charge is 0.477 e. The first kappa shape index (κ1) is 18.0. The molecule has 0 amide bonds. The number of carboxylic acid groups (broad SMARTS) is 1. The van der Waals surface area contributed by atoms with Gasteiger partial charge in [0.2, 0.25) is 9.84 Å². The van der Waals surface area contributed by atoms with Crippen molar-refractivity contribution in [2.45, 2.75) is 29.4 Å². The van der Waals surface area contributed by atoms with Crippen LogP contribution in [0.15, 0.2) is 40.3 Å². The van der Waals surface area contributed by atoms with E-state index in [1.807, 2.05) is 0 Å². The first-order valence-corrected chi connectivity index (χ1v) is 8.67. The van der Waals surface area contributed by atoms with E-state index in [1.54, 1.807) is 0 Å². The molecule has 0 aliphatic carbocycles. The molecule has 11 heteroatoms. The first-order chi connectivity index (χ1) is 12.0. The fraction of sp³-hybridized carbons (Fsp3) is 0.200. The third kappa shape index (κ3) is 3.05. The van der Waals surface area contributed by atoms with E-state index in [9.17, 15) is 26.4 Å². The van der Waals surface area contributed by atoms with Gasteiger partial charge in [-0.15, -0.1) is 0 Å². The molecule has 0 unspecified atom stereocenters. The first-order valence-electron chi connectivity index (χ1n) is 7.19. The van der Waals surface area contributed by atoms with E-state index in [2.05, 4.69) is 10.2 Å². The molecule has 0 bridgehead atoms. The molecule has 2 heterocycles. The third-order valence-electron chi connectivity index (χ3n) is 3.89. The maximum atomic E-state index is 12.9. The SMILES string of the molecule is Cc1c(S(=O)(=O)c2ccc3[nH]ncc3c2)cc(C(=O)O)n1CC(F)(F)F. The Hall–Kier alpha value is -2.82. The topological polar surface area (TPSA) is 105 Å². The van der Waals surface area contributed by atoms with Crippen molar-refractivity contribution in [3.05, 3.63) is 41.9 Å². The van der Waals surface area contributed by atoms with Gasteiger partial charge in [0.25, 0.3) is 0 Å². The van der Waals surface area contributed by atoms with Crippen molar-refractivity contribution in [3.8, 4) is 0 Å². The Kier molecular flexibility index (Phi) is 4.06. The minimum absolute atomic E-state index is 0.171. The zero-order valence-electron chi connectivity index (χ0n) is 13.2. The fourth-order valence-corrected chi connectivity index (χ4v) is 4.22. The third-order valence-corrected chi connectivity index (χ3v) is 5.75. The van der Waals surface area contributed by atoms with Crippen LogP contribution in [0, 0.1) is 6.92 Å². The summed E-state index contributed by atoms with van der Waals surface area (Å²) in [6, 6.07) is 4.81. The summed E-state index contributed by atoms with van der Waals surface area (Å²) in [6.07, 6.45) is -3.30. The lowest BCUT2D eigenvalue weighted by Gasteiger charge is -2.12. The van der Waals surface area contributed by atoms with E-state index in [-0.39, 0.29) is 10.6 Å². The number of aromatic carboxylic acids is 1. The fourth-order valence-electron chi connectivity index (χ4n) is 2.67. The van der Waals surface area contributed by atoms with Crippen LogP contribution in [0.25, 0.3) is 10.9 Å². The zero-order chi connectivity index (χ0) is 19.3. The summed E-state index contributed by atoms with van der Waals surface area (Å²) in [4.78, 5) is 10.6. The summed E-state index contributed by atoms with van der Waals surface area (Å²) in [7, 11) is -4.22. The Labute approximate surface area is 145 Å². The van der Waals surface area contributed by atoms with Crippen molar-refractivity contribution >= 4 is 26.7 Å². The van der Waals surface area contributed by atoms with Crippen LogP contribution in [0.4, 0.5) is 13.2 Å². The number of aromatic amines is 1. The van der Waals surface area contributed by atoms with E-state index in [0.717, 1.165) is 13.0 Å². The van der Waals surface area contributed by atoms with E-state index in [1.165, 1.54) is 24.4 Å². The molecule has 2 N–H and O–H groups in total. The van der Waals surface area contributed by atoms with Gasteiger partial charge in [0.05, 0.1) is 21.5 Å². The molecule has 0 fully saturated rings. The summed E-state index contributed by atoms with van der Waals surface area (Å²) in [5.41, 5.74) is -0.462. The molecule has 0 aliphatic heterocycles. The second-order valence-corrected chi connectivity index (χ2v) is 7.53. The number of H-pyrrole nitrogens is 1. The Morgan fingerprint density at radius 2 is 2.00 bits per heavy atom. The number of nitrogens with zero attached hydrogens (tertiary/aromatic N) is 2. The molecule has 0 spiro atoms. The molecular weight excluding hydrogens is 375 g/mol. The number of halogens is 3. The Morgan fingerprint density at radius 1 is 1.31 bits per heavy atom. The van der Waals surface area contributed by atoms with Crippen LogP contribution < -0.4 is 0 Å². The molecule has 0 atom stereocenters. The van der Waals surface area contributed by atoms with Crippen molar-refractivity contribution in [1.29, 1.82) is 0 Å². The minimum atomic E-state index is -4.70. The van der Waals surface area contributed by atoms with Crippen molar-refractivity contribution in [3.63, 3.8) is 0 Å². The molecule has 0 saturated carbocycles. The molecule has 3 rings (SSSR count). The monoisotopic (exact) mass is 387 g/mol. The summed E-state index contributed by atoms with van der Waals surface area (Å²) in [5, 5.41) is 16.1. The number of rotatable bonds is 4. The highest BCUT2D eigenvalue weighted by molar-refractivity contribution is 7.91. The Balaban J connectivity index is 2.18. The lowest BCUT2D eigenvalue weighted by molar-refractivity contribution is -0.141. The van der Waals surface area contributed by atoms with Crippen molar-refractivity contribution < 1.29 is 31.5 Å². The molecule has 26 heavy (non-hydrogen) atoms. The zero-order valence-corrected chi connectivity index (χ0v) is 14.0. The van der Waals surface area contributed by atoms with E-state index in [0.29, 0.717) is 15.5 Å². The second-order valence-electron chi connectivity index (χ2n) is 5.61. The number of aromatic nitrogens is 3. The van der Waals surface area contributed by atoms with Gasteiger partial charge in [-0.25, -0.2) is 13.2 Å².